The molecule has 0 bridgehead atoms. The summed E-state index contributed by atoms with van der Waals surface area (Å²) in [6, 6.07) is 6.88. The Kier molecular flexibility index (Phi) is 4.95. The van der Waals surface area contributed by atoms with Crippen molar-refractivity contribution in [1.82, 2.24) is 9.97 Å². The first kappa shape index (κ1) is 14.3. The standard InChI is InChI=1S/C14H14N2O3S/c1-18-10-4-5-13(19-2)11(8-10)12(17)9-20-14-15-6-3-7-16-14/h3-8H,9H2,1-2H3. The van der Waals surface area contributed by atoms with Gasteiger partial charge in [0.25, 0.3) is 0 Å². The second-order valence-corrected chi connectivity index (χ2v) is 4.75. The van der Waals surface area contributed by atoms with Crippen molar-refractivity contribution in [3.8, 4) is 11.5 Å². The minimum absolute atomic E-state index is 0.0572. The molecule has 20 heavy (non-hydrogen) atoms. The van der Waals surface area contributed by atoms with Crippen LogP contribution in [0.1, 0.15) is 10.4 Å². The Hall–Kier alpha value is -2.08. The summed E-state index contributed by atoms with van der Waals surface area (Å²) in [5, 5.41) is 0.572. The smallest absolute Gasteiger partial charge is 0.187 e. The zero-order valence-corrected chi connectivity index (χ0v) is 12.0. The number of carbonyl (C=O) groups is 1. The highest BCUT2D eigenvalue weighted by Crippen LogP contribution is 2.26. The van der Waals surface area contributed by atoms with Gasteiger partial charge in [0.2, 0.25) is 0 Å². The third-order valence-corrected chi connectivity index (χ3v) is 3.46. The summed E-state index contributed by atoms with van der Waals surface area (Å²) in [7, 11) is 3.09. The average Bonchev–Trinajstić information content (AvgIpc) is 2.52. The van der Waals surface area contributed by atoms with Crippen LogP contribution in [0.2, 0.25) is 0 Å². The first-order chi connectivity index (χ1) is 9.74. The lowest BCUT2D eigenvalue weighted by atomic mass is 10.1. The van der Waals surface area contributed by atoms with E-state index in [0.29, 0.717) is 22.2 Å². The number of aromatic nitrogens is 2. The summed E-state index contributed by atoms with van der Waals surface area (Å²) < 4.78 is 10.3. The van der Waals surface area contributed by atoms with Crippen LogP contribution in [0.25, 0.3) is 0 Å². The van der Waals surface area contributed by atoms with E-state index in [-0.39, 0.29) is 11.5 Å². The molecular weight excluding hydrogens is 276 g/mol. The quantitative estimate of drug-likeness (QED) is 0.463. The first-order valence-corrected chi connectivity index (χ1v) is 6.88. The van der Waals surface area contributed by atoms with Crippen LogP contribution in [0, 0.1) is 0 Å². The highest BCUT2D eigenvalue weighted by Gasteiger charge is 2.14. The van der Waals surface area contributed by atoms with Crippen LogP contribution in [0.15, 0.2) is 41.8 Å². The van der Waals surface area contributed by atoms with Crippen molar-refractivity contribution in [2.24, 2.45) is 0 Å². The number of hydrogen-bond donors (Lipinski definition) is 0. The number of hydrogen-bond acceptors (Lipinski definition) is 6. The van der Waals surface area contributed by atoms with Gasteiger partial charge in [-0.25, -0.2) is 9.97 Å². The highest BCUT2D eigenvalue weighted by atomic mass is 32.2. The number of ether oxygens (including phenoxy) is 2. The number of benzene rings is 1. The van der Waals surface area contributed by atoms with Gasteiger partial charge in [-0.05, 0) is 24.3 Å². The SMILES string of the molecule is COc1ccc(OC)c(C(=O)CSc2ncccn2)c1. The van der Waals surface area contributed by atoms with Gasteiger partial charge in [0.05, 0.1) is 25.5 Å². The van der Waals surface area contributed by atoms with Crippen molar-refractivity contribution in [3.05, 3.63) is 42.2 Å². The maximum absolute atomic E-state index is 12.3. The molecular formula is C14H14N2O3S. The van der Waals surface area contributed by atoms with Crippen molar-refractivity contribution < 1.29 is 14.3 Å². The fourth-order valence-corrected chi connectivity index (χ4v) is 2.29. The van der Waals surface area contributed by atoms with Gasteiger partial charge in [-0.1, -0.05) is 11.8 Å². The molecule has 0 aliphatic carbocycles. The molecule has 0 saturated carbocycles. The van der Waals surface area contributed by atoms with E-state index >= 15 is 0 Å². The van der Waals surface area contributed by atoms with Crippen LogP contribution >= 0.6 is 11.8 Å². The van der Waals surface area contributed by atoms with Crippen LogP contribution in [0.4, 0.5) is 0 Å². The van der Waals surface area contributed by atoms with Gasteiger partial charge < -0.3 is 9.47 Å². The molecule has 0 atom stereocenters. The summed E-state index contributed by atoms with van der Waals surface area (Å²) in [6.07, 6.45) is 3.29. The summed E-state index contributed by atoms with van der Waals surface area (Å²) in [5.41, 5.74) is 0.496. The van der Waals surface area contributed by atoms with E-state index in [4.69, 9.17) is 9.47 Å². The van der Waals surface area contributed by atoms with Gasteiger partial charge in [0, 0.05) is 12.4 Å². The minimum atomic E-state index is -0.0572. The van der Waals surface area contributed by atoms with E-state index < -0.39 is 0 Å². The molecule has 104 valence electrons. The molecule has 0 amide bonds. The number of Topliss-reactive ketones (excluding diaryl/α,β-unsaturated/α-hetero) is 1. The van der Waals surface area contributed by atoms with Crippen LogP contribution in [-0.4, -0.2) is 35.7 Å². The number of ketones is 1. The summed E-state index contributed by atoms with van der Waals surface area (Å²) in [4.78, 5) is 20.4. The Morgan fingerprint density at radius 3 is 2.60 bits per heavy atom. The molecule has 0 spiro atoms. The summed E-state index contributed by atoms with van der Waals surface area (Å²) >= 11 is 1.29. The van der Waals surface area contributed by atoms with Gasteiger partial charge in [-0.15, -0.1) is 0 Å². The van der Waals surface area contributed by atoms with E-state index in [2.05, 4.69) is 9.97 Å². The lowest BCUT2D eigenvalue weighted by Crippen LogP contribution is -2.06. The zero-order valence-electron chi connectivity index (χ0n) is 11.2. The average molecular weight is 290 g/mol. The van der Waals surface area contributed by atoms with Crippen molar-refractivity contribution in [2.45, 2.75) is 5.16 Å². The molecule has 0 radical (unpaired) electrons. The monoisotopic (exact) mass is 290 g/mol. The fraction of sp³-hybridized carbons (Fsp3) is 0.214. The van der Waals surface area contributed by atoms with Crippen LogP contribution in [0.3, 0.4) is 0 Å². The molecule has 1 heterocycles. The molecule has 0 saturated heterocycles. The molecule has 0 aliphatic heterocycles. The molecule has 5 nitrogen and oxygen atoms in total. The predicted molar refractivity (Wildman–Crippen MR) is 76.6 cm³/mol. The van der Waals surface area contributed by atoms with Crippen molar-refractivity contribution in [3.63, 3.8) is 0 Å². The van der Waals surface area contributed by atoms with Crippen molar-refractivity contribution in [2.75, 3.05) is 20.0 Å². The van der Waals surface area contributed by atoms with Crippen LogP contribution in [0.5, 0.6) is 11.5 Å². The number of methoxy groups -OCH3 is 2. The molecule has 0 fully saturated rings. The zero-order chi connectivity index (χ0) is 14.4. The molecule has 2 rings (SSSR count). The summed E-state index contributed by atoms with van der Waals surface area (Å²) in [5.74, 6) is 1.34. The van der Waals surface area contributed by atoms with Crippen molar-refractivity contribution in [1.29, 1.82) is 0 Å². The second-order valence-electron chi connectivity index (χ2n) is 3.81. The van der Waals surface area contributed by atoms with Crippen LogP contribution < -0.4 is 9.47 Å². The van der Waals surface area contributed by atoms with Crippen LogP contribution in [-0.2, 0) is 0 Å². The van der Waals surface area contributed by atoms with E-state index in [1.807, 2.05) is 0 Å². The van der Waals surface area contributed by atoms with Gasteiger partial charge in [0.1, 0.15) is 11.5 Å². The molecule has 1 aromatic carbocycles. The van der Waals surface area contributed by atoms with E-state index in [1.54, 1.807) is 43.8 Å². The topological polar surface area (TPSA) is 61.3 Å². The van der Waals surface area contributed by atoms with E-state index in [1.165, 1.54) is 18.9 Å². The summed E-state index contributed by atoms with van der Waals surface area (Å²) in [6.45, 7) is 0. The molecule has 2 aromatic rings. The number of carbonyl (C=O) groups excluding carboxylic acids is 1. The Bertz CT molecular complexity index is 590. The molecule has 0 unspecified atom stereocenters. The lowest BCUT2D eigenvalue weighted by Gasteiger charge is -2.09. The molecule has 6 heteroatoms. The number of rotatable bonds is 6. The van der Waals surface area contributed by atoms with Gasteiger partial charge in [0.15, 0.2) is 10.9 Å². The molecule has 0 N–H and O–H groups in total. The van der Waals surface area contributed by atoms with Gasteiger partial charge in [-0.3, -0.25) is 4.79 Å². The lowest BCUT2D eigenvalue weighted by molar-refractivity contribution is 0.101. The van der Waals surface area contributed by atoms with Gasteiger partial charge >= 0.3 is 0 Å². The molecule has 0 aliphatic rings. The Labute approximate surface area is 121 Å². The Balaban J connectivity index is 2.12. The number of nitrogens with zero attached hydrogens (tertiary/aromatic N) is 2. The van der Waals surface area contributed by atoms with E-state index in [9.17, 15) is 4.79 Å². The third-order valence-electron chi connectivity index (χ3n) is 2.58. The predicted octanol–water partition coefficient (Wildman–Crippen LogP) is 2.47. The van der Waals surface area contributed by atoms with Crippen molar-refractivity contribution >= 4 is 17.5 Å². The maximum Gasteiger partial charge on any atom is 0.187 e. The highest BCUT2D eigenvalue weighted by molar-refractivity contribution is 7.99. The van der Waals surface area contributed by atoms with E-state index in [0.717, 1.165) is 0 Å². The largest absolute Gasteiger partial charge is 0.497 e. The van der Waals surface area contributed by atoms with Gasteiger partial charge in [-0.2, -0.15) is 0 Å². The normalized spacial score (nSPS) is 10.1. The maximum atomic E-state index is 12.3. The Morgan fingerprint density at radius 2 is 1.95 bits per heavy atom. The number of thioether (sulfide) groups is 1. The third kappa shape index (κ3) is 3.48. The fourth-order valence-electron chi connectivity index (χ4n) is 1.60. The first-order valence-electron chi connectivity index (χ1n) is 5.89. The molecule has 1 aromatic heterocycles. The second kappa shape index (κ2) is 6.91. The minimum Gasteiger partial charge on any atom is -0.497 e. The Morgan fingerprint density at radius 1 is 1.20 bits per heavy atom.